The van der Waals surface area contributed by atoms with Gasteiger partial charge in [0.1, 0.15) is 0 Å². The summed E-state index contributed by atoms with van der Waals surface area (Å²) in [5, 5.41) is 0. The molecular weight excluding hydrogens is 330 g/mol. The van der Waals surface area contributed by atoms with Crippen LogP contribution in [0.2, 0.25) is 0 Å². The van der Waals surface area contributed by atoms with E-state index in [9.17, 15) is 40.7 Å². The van der Waals surface area contributed by atoms with E-state index in [-0.39, 0.29) is 0 Å². The zero-order chi connectivity index (χ0) is 18.4. The number of hydrogen-bond acceptors (Lipinski definition) is 3. The van der Waals surface area contributed by atoms with Crippen LogP contribution in [0.25, 0.3) is 0 Å². The van der Waals surface area contributed by atoms with Crippen LogP contribution in [0.1, 0.15) is 33.6 Å². The summed E-state index contributed by atoms with van der Waals surface area (Å²) in [7, 11) is 0. The molecule has 0 aliphatic heterocycles. The van der Waals surface area contributed by atoms with Gasteiger partial charge in [-0.1, -0.05) is 20.8 Å². The molecule has 9 heteroatoms. The van der Waals surface area contributed by atoms with Crippen molar-refractivity contribution in [1.82, 2.24) is 0 Å². The normalized spacial score (nSPS) is 27.0. The number of Topliss-reactive ketones (excluding diaryl/α,β-unsaturated/α-hetero) is 3. The smallest absolute Gasteiger partial charge is 0.298 e. The van der Waals surface area contributed by atoms with E-state index in [1.54, 1.807) is 20.8 Å². The topological polar surface area (TPSA) is 51.2 Å². The third-order valence-corrected chi connectivity index (χ3v) is 4.14. The van der Waals surface area contributed by atoms with E-state index in [4.69, 9.17) is 0 Å². The maximum atomic E-state index is 12.6. The molecule has 0 radical (unpaired) electrons. The van der Waals surface area contributed by atoms with Gasteiger partial charge in [0, 0.05) is 0 Å². The molecule has 23 heavy (non-hydrogen) atoms. The van der Waals surface area contributed by atoms with Crippen molar-refractivity contribution < 1.29 is 40.7 Å². The molecule has 2 atom stereocenters. The van der Waals surface area contributed by atoms with E-state index >= 15 is 0 Å². The van der Waals surface area contributed by atoms with Gasteiger partial charge in [-0.25, -0.2) is 0 Å². The minimum absolute atomic E-state index is 0.512. The minimum Gasteiger partial charge on any atom is -0.298 e. The third-order valence-electron chi connectivity index (χ3n) is 4.14. The second-order valence-electron chi connectivity index (χ2n) is 6.77. The summed E-state index contributed by atoms with van der Waals surface area (Å²) in [5.74, 6) is -11.7. The summed E-state index contributed by atoms with van der Waals surface area (Å²) in [5.41, 5.74) is -0.755. The average molecular weight is 346 g/mol. The molecule has 0 amide bonds. The zero-order valence-corrected chi connectivity index (χ0v) is 12.6. The van der Waals surface area contributed by atoms with Crippen LogP contribution in [0.5, 0.6) is 0 Å². The van der Waals surface area contributed by atoms with Crippen LogP contribution in [0.15, 0.2) is 0 Å². The summed E-state index contributed by atoms with van der Waals surface area (Å²) in [6, 6.07) is 0. The number of rotatable bonds is 2. The van der Waals surface area contributed by atoms with Gasteiger partial charge in [0.15, 0.2) is 5.78 Å². The average Bonchev–Trinajstić information content (AvgIpc) is 2.33. The predicted octanol–water partition coefficient (Wildman–Crippen LogP) is 3.51. The lowest BCUT2D eigenvalue weighted by Gasteiger charge is -2.39. The van der Waals surface area contributed by atoms with Gasteiger partial charge < -0.3 is 0 Å². The van der Waals surface area contributed by atoms with Crippen LogP contribution in [-0.2, 0) is 14.4 Å². The highest BCUT2D eigenvalue weighted by Crippen LogP contribution is 2.44. The lowest BCUT2D eigenvalue weighted by Crippen LogP contribution is -2.49. The summed E-state index contributed by atoms with van der Waals surface area (Å²) >= 11 is 0. The Bertz CT molecular complexity index is 474. The van der Waals surface area contributed by atoms with Gasteiger partial charge in [-0.05, 0) is 24.2 Å². The Morgan fingerprint density at radius 1 is 0.826 bits per heavy atom. The number of carbonyl (C=O) groups excluding carboxylic acids is 3. The molecule has 132 valence electrons. The molecule has 0 N–H and O–H groups in total. The molecule has 0 heterocycles. The summed E-state index contributed by atoms with van der Waals surface area (Å²) < 4.78 is 75.5. The van der Waals surface area contributed by atoms with Crippen LogP contribution in [0.3, 0.4) is 0 Å². The first-order valence-electron chi connectivity index (χ1n) is 6.82. The molecule has 0 aromatic carbocycles. The van der Waals surface area contributed by atoms with E-state index in [1.165, 1.54) is 0 Å². The van der Waals surface area contributed by atoms with Crippen molar-refractivity contribution in [2.75, 3.05) is 0 Å². The number of carbonyl (C=O) groups is 3. The lowest BCUT2D eigenvalue weighted by atomic mass is 9.63. The maximum Gasteiger partial charge on any atom is 0.450 e. The Morgan fingerprint density at radius 2 is 1.13 bits per heavy atom. The van der Waals surface area contributed by atoms with Gasteiger partial charge >= 0.3 is 12.4 Å². The molecule has 0 bridgehead atoms. The molecule has 3 nitrogen and oxygen atoms in total. The molecule has 1 aliphatic carbocycles. The second-order valence-corrected chi connectivity index (χ2v) is 6.77. The van der Waals surface area contributed by atoms with Crippen molar-refractivity contribution in [2.24, 2.45) is 23.2 Å². The van der Waals surface area contributed by atoms with Crippen LogP contribution >= 0.6 is 0 Å². The van der Waals surface area contributed by atoms with Gasteiger partial charge in [-0.2, -0.15) is 26.3 Å². The van der Waals surface area contributed by atoms with Gasteiger partial charge in [0.05, 0.1) is 11.8 Å². The quantitative estimate of drug-likeness (QED) is 0.568. The number of hydrogen-bond donors (Lipinski definition) is 0. The van der Waals surface area contributed by atoms with Crippen molar-refractivity contribution in [3.63, 3.8) is 0 Å². The van der Waals surface area contributed by atoms with Crippen molar-refractivity contribution in [1.29, 1.82) is 0 Å². The van der Waals surface area contributed by atoms with E-state index in [0.29, 0.717) is 0 Å². The predicted molar refractivity (Wildman–Crippen MR) is 66.3 cm³/mol. The molecule has 1 saturated carbocycles. The fourth-order valence-corrected chi connectivity index (χ4v) is 2.72. The van der Waals surface area contributed by atoms with Gasteiger partial charge in [-0.3, -0.25) is 14.4 Å². The van der Waals surface area contributed by atoms with Crippen LogP contribution in [-0.4, -0.2) is 29.7 Å². The van der Waals surface area contributed by atoms with Crippen LogP contribution < -0.4 is 0 Å². The zero-order valence-electron chi connectivity index (χ0n) is 12.6. The first kappa shape index (κ1) is 19.6. The molecule has 0 saturated heterocycles. The van der Waals surface area contributed by atoms with E-state index in [1.807, 2.05) is 0 Å². The van der Waals surface area contributed by atoms with E-state index < -0.39 is 65.7 Å². The first-order chi connectivity index (χ1) is 10.1. The Kier molecular flexibility index (Phi) is 5.04. The fraction of sp³-hybridized carbons (Fsp3) is 0.786. The molecule has 0 spiro atoms. The Balaban J connectivity index is 3.25. The SMILES string of the molecule is CC(C)(C)C1CC(C(=O)C(F)(F)F)C(=O)C(C(=O)C(F)(F)F)C1. The highest BCUT2D eigenvalue weighted by Gasteiger charge is 2.56. The maximum absolute atomic E-state index is 12.6. The Hall–Kier alpha value is -1.41. The second kappa shape index (κ2) is 5.90. The molecule has 1 fully saturated rings. The van der Waals surface area contributed by atoms with Crippen molar-refractivity contribution in [2.45, 2.75) is 46.0 Å². The Labute approximate surface area is 128 Å². The van der Waals surface area contributed by atoms with Gasteiger partial charge in [0.25, 0.3) is 0 Å². The van der Waals surface area contributed by atoms with Gasteiger partial charge in [0.2, 0.25) is 11.6 Å². The van der Waals surface area contributed by atoms with Crippen molar-refractivity contribution in [3.8, 4) is 0 Å². The monoisotopic (exact) mass is 346 g/mol. The van der Waals surface area contributed by atoms with E-state index in [2.05, 4.69) is 0 Å². The summed E-state index contributed by atoms with van der Waals surface area (Å²) in [4.78, 5) is 34.7. The molecule has 0 aromatic rings. The van der Waals surface area contributed by atoms with Crippen LogP contribution in [0, 0.1) is 23.2 Å². The highest BCUT2D eigenvalue weighted by molar-refractivity contribution is 6.14. The number of alkyl halides is 6. The highest BCUT2D eigenvalue weighted by atomic mass is 19.4. The van der Waals surface area contributed by atoms with Crippen molar-refractivity contribution in [3.05, 3.63) is 0 Å². The molecular formula is C14H16F6O3. The third kappa shape index (κ3) is 4.32. The van der Waals surface area contributed by atoms with E-state index in [0.717, 1.165) is 0 Å². The molecule has 2 unspecified atom stereocenters. The minimum atomic E-state index is -5.34. The number of halogens is 6. The van der Waals surface area contributed by atoms with Gasteiger partial charge in [-0.15, -0.1) is 0 Å². The summed E-state index contributed by atoms with van der Waals surface area (Å²) in [6.45, 7) is 4.70. The number of ketones is 3. The summed E-state index contributed by atoms with van der Waals surface area (Å²) in [6.07, 6.45) is -11.7. The van der Waals surface area contributed by atoms with Crippen LogP contribution in [0.4, 0.5) is 26.3 Å². The van der Waals surface area contributed by atoms with Crippen molar-refractivity contribution >= 4 is 17.3 Å². The standard InChI is InChI=1S/C14H16F6O3/c1-12(2,3)6-4-7(10(22)13(15,16)17)9(21)8(5-6)11(23)14(18,19)20/h6-8H,4-5H2,1-3H3. The first-order valence-corrected chi connectivity index (χ1v) is 6.82. The molecule has 1 aliphatic rings. The Morgan fingerprint density at radius 3 is 1.35 bits per heavy atom. The molecule has 1 rings (SSSR count). The fourth-order valence-electron chi connectivity index (χ4n) is 2.72. The largest absolute Gasteiger partial charge is 0.450 e. The lowest BCUT2D eigenvalue weighted by molar-refractivity contribution is -0.185. The molecule has 0 aromatic heterocycles.